The lowest BCUT2D eigenvalue weighted by Crippen LogP contribution is -2.51. The molecule has 1 saturated heterocycles. The normalized spacial score (nSPS) is 15.0. The third kappa shape index (κ3) is 6.03. The standard InChI is InChI=1S/C17H22N6S.HI/c18-16(19-9-14-24-15-5-2-1-3-6-15)22-10-12-23(13-11-22)17-20-7-4-8-21-17;/h1-8H,9-14H2,(H2,18,19);1H. The molecule has 0 radical (unpaired) electrons. The van der Waals surface area contributed by atoms with E-state index in [1.807, 2.05) is 12.1 Å². The second kappa shape index (κ2) is 10.4. The number of aromatic nitrogens is 2. The summed E-state index contributed by atoms with van der Waals surface area (Å²) in [6, 6.07) is 12.2. The van der Waals surface area contributed by atoms with Gasteiger partial charge in [0.15, 0.2) is 5.96 Å². The number of benzene rings is 1. The maximum atomic E-state index is 6.13. The van der Waals surface area contributed by atoms with Crippen molar-refractivity contribution < 1.29 is 0 Å². The van der Waals surface area contributed by atoms with E-state index in [-0.39, 0.29) is 24.0 Å². The molecule has 3 rings (SSSR count). The van der Waals surface area contributed by atoms with Crippen molar-refractivity contribution in [1.29, 1.82) is 0 Å². The van der Waals surface area contributed by atoms with Gasteiger partial charge in [-0.2, -0.15) is 0 Å². The maximum absolute atomic E-state index is 6.13. The zero-order chi connectivity index (χ0) is 16.6. The van der Waals surface area contributed by atoms with E-state index in [4.69, 9.17) is 5.73 Å². The third-order valence-electron chi connectivity index (χ3n) is 3.82. The van der Waals surface area contributed by atoms with Crippen molar-refractivity contribution in [2.75, 3.05) is 43.4 Å². The lowest BCUT2D eigenvalue weighted by Gasteiger charge is -2.35. The monoisotopic (exact) mass is 470 g/mol. The molecule has 0 unspecified atom stereocenters. The molecule has 6 nitrogen and oxygen atoms in total. The summed E-state index contributed by atoms with van der Waals surface area (Å²) in [4.78, 5) is 18.7. The van der Waals surface area contributed by atoms with Crippen LogP contribution in [0.4, 0.5) is 5.95 Å². The van der Waals surface area contributed by atoms with Crippen molar-refractivity contribution in [2.24, 2.45) is 10.7 Å². The van der Waals surface area contributed by atoms with Crippen LogP contribution in [-0.4, -0.2) is 59.3 Å². The first-order chi connectivity index (χ1) is 11.8. The molecular weight excluding hydrogens is 447 g/mol. The number of aliphatic imine (C=N–C) groups is 1. The van der Waals surface area contributed by atoms with Gasteiger partial charge >= 0.3 is 0 Å². The van der Waals surface area contributed by atoms with Crippen LogP contribution in [0, 0.1) is 0 Å². The van der Waals surface area contributed by atoms with Crippen molar-refractivity contribution >= 4 is 47.6 Å². The van der Waals surface area contributed by atoms with E-state index in [1.54, 1.807) is 24.2 Å². The smallest absolute Gasteiger partial charge is 0.225 e. The summed E-state index contributed by atoms with van der Waals surface area (Å²) in [6.07, 6.45) is 3.55. The predicted molar refractivity (Wildman–Crippen MR) is 115 cm³/mol. The summed E-state index contributed by atoms with van der Waals surface area (Å²) < 4.78 is 0. The van der Waals surface area contributed by atoms with E-state index in [0.717, 1.165) is 44.4 Å². The zero-order valence-electron chi connectivity index (χ0n) is 14.0. The molecule has 0 amide bonds. The number of guanidine groups is 1. The first kappa shape index (κ1) is 19.8. The lowest BCUT2D eigenvalue weighted by atomic mass is 10.3. The fourth-order valence-electron chi connectivity index (χ4n) is 2.53. The van der Waals surface area contributed by atoms with Crippen molar-refractivity contribution in [3.8, 4) is 0 Å². The average molecular weight is 470 g/mol. The molecule has 0 aliphatic carbocycles. The van der Waals surface area contributed by atoms with Crippen LogP contribution in [0.5, 0.6) is 0 Å². The highest BCUT2D eigenvalue weighted by atomic mass is 127. The third-order valence-corrected chi connectivity index (χ3v) is 4.81. The van der Waals surface area contributed by atoms with Gasteiger partial charge in [-0.3, -0.25) is 4.99 Å². The predicted octanol–water partition coefficient (Wildman–Crippen LogP) is 2.32. The molecule has 0 atom stereocenters. The first-order valence-electron chi connectivity index (χ1n) is 8.07. The fraction of sp³-hybridized carbons (Fsp3) is 0.353. The molecule has 1 aromatic heterocycles. The molecule has 2 aromatic rings. The Morgan fingerprint density at radius 3 is 2.40 bits per heavy atom. The Bertz CT molecular complexity index is 647. The number of rotatable bonds is 5. The van der Waals surface area contributed by atoms with E-state index in [0.29, 0.717) is 5.96 Å². The Labute approximate surface area is 169 Å². The van der Waals surface area contributed by atoms with E-state index in [2.05, 4.69) is 49.0 Å². The molecule has 25 heavy (non-hydrogen) atoms. The Kier molecular flexibility index (Phi) is 8.26. The van der Waals surface area contributed by atoms with Gasteiger partial charge in [0.1, 0.15) is 0 Å². The molecule has 8 heteroatoms. The molecule has 134 valence electrons. The van der Waals surface area contributed by atoms with Gasteiger partial charge in [-0.25, -0.2) is 9.97 Å². The topological polar surface area (TPSA) is 70.6 Å². The maximum Gasteiger partial charge on any atom is 0.225 e. The number of anilines is 1. The van der Waals surface area contributed by atoms with Crippen molar-refractivity contribution in [3.05, 3.63) is 48.8 Å². The van der Waals surface area contributed by atoms with E-state index in [9.17, 15) is 0 Å². The Morgan fingerprint density at radius 2 is 1.72 bits per heavy atom. The molecule has 0 saturated carbocycles. The molecule has 0 bridgehead atoms. The SMILES string of the molecule is I.NC(=NCCSc1ccccc1)N1CCN(c2ncccn2)CC1. The summed E-state index contributed by atoms with van der Waals surface area (Å²) in [7, 11) is 0. The van der Waals surface area contributed by atoms with Crippen LogP contribution in [0.25, 0.3) is 0 Å². The molecule has 1 fully saturated rings. The van der Waals surface area contributed by atoms with Crippen molar-refractivity contribution in [1.82, 2.24) is 14.9 Å². The fourth-order valence-corrected chi connectivity index (χ4v) is 3.30. The number of thioether (sulfide) groups is 1. The van der Waals surface area contributed by atoms with Crippen LogP contribution in [0.2, 0.25) is 0 Å². The largest absolute Gasteiger partial charge is 0.370 e. The van der Waals surface area contributed by atoms with Crippen LogP contribution in [0.15, 0.2) is 58.7 Å². The first-order valence-corrected chi connectivity index (χ1v) is 9.06. The van der Waals surface area contributed by atoms with Gasteiger partial charge in [-0.15, -0.1) is 35.7 Å². The highest BCUT2D eigenvalue weighted by molar-refractivity contribution is 14.0. The minimum atomic E-state index is 0. The van der Waals surface area contributed by atoms with Gasteiger partial charge < -0.3 is 15.5 Å². The second-order valence-corrected chi connectivity index (χ2v) is 6.59. The molecule has 1 aromatic carbocycles. The Morgan fingerprint density at radius 1 is 1.04 bits per heavy atom. The number of halogens is 1. The number of hydrogen-bond acceptors (Lipinski definition) is 5. The van der Waals surface area contributed by atoms with E-state index < -0.39 is 0 Å². The second-order valence-electron chi connectivity index (χ2n) is 5.42. The highest BCUT2D eigenvalue weighted by Gasteiger charge is 2.19. The van der Waals surface area contributed by atoms with Crippen LogP contribution in [0.3, 0.4) is 0 Å². The zero-order valence-corrected chi connectivity index (χ0v) is 17.1. The van der Waals surface area contributed by atoms with Gasteiger partial charge in [-0.05, 0) is 18.2 Å². The number of piperazine rings is 1. The van der Waals surface area contributed by atoms with Gasteiger partial charge in [0.05, 0.1) is 6.54 Å². The molecular formula is C17H23IN6S. The molecule has 1 aliphatic heterocycles. The average Bonchev–Trinajstić information content (AvgIpc) is 2.67. The van der Waals surface area contributed by atoms with E-state index >= 15 is 0 Å². The summed E-state index contributed by atoms with van der Waals surface area (Å²) in [5.74, 6) is 2.35. The number of hydrogen-bond donors (Lipinski definition) is 1. The van der Waals surface area contributed by atoms with Crippen LogP contribution >= 0.6 is 35.7 Å². The van der Waals surface area contributed by atoms with Gasteiger partial charge in [0.25, 0.3) is 0 Å². The summed E-state index contributed by atoms with van der Waals surface area (Å²) in [6.45, 7) is 4.14. The van der Waals surface area contributed by atoms with Gasteiger partial charge in [0.2, 0.25) is 5.95 Å². The molecule has 0 spiro atoms. The minimum Gasteiger partial charge on any atom is -0.370 e. The lowest BCUT2D eigenvalue weighted by molar-refractivity contribution is 0.378. The Hall–Kier alpha value is -1.55. The summed E-state index contributed by atoms with van der Waals surface area (Å²) >= 11 is 1.80. The number of nitrogens with two attached hydrogens (primary N) is 1. The van der Waals surface area contributed by atoms with E-state index in [1.165, 1.54) is 4.90 Å². The molecule has 2 N–H and O–H groups in total. The highest BCUT2D eigenvalue weighted by Crippen LogP contribution is 2.16. The summed E-state index contributed by atoms with van der Waals surface area (Å²) in [5.41, 5.74) is 6.13. The van der Waals surface area contributed by atoms with Gasteiger partial charge in [0, 0.05) is 49.2 Å². The van der Waals surface area contributed by atoms with Crippen molar-refractivity contribution in [3.63, 3.8) is 0 Å². The van der Waals surface area contributed by atoms with Crippen LogP contribution in [0.1, 0.15) is 0 Å². The van der Waals surface area contributed by atoms with Crippen LogP contribution in [-0.2, 0) is 0 Å². The summed E-state index contributed by atoms with van der Waals surface area (Å²) in [5, 5.41) is 0. The van der Waals surface area contributed by atoms with Crippen molar-refractivity contribution in [2.45, 2.75) is 4.90 Å². The Balaban J connectivity index is 0.00000225. The quantitative estimate of drug-likeness (QED) is 0.238. The minimum absolute atomic E-state index is 0. The molecule has 2 heterocycles. The van der Waals surface area contributed by atoms with Crippen LogP contribution < -0.4 is 10.6 Å². The molecule has 1 aliphatic rings. The number of nitrogens with zero attached hydrogens (tertiary/aromatic N) is 5. The van der Waals surface area contributed by atoms with Gasteiger partial charge in [-0.1, -0.05) is 18.2 Å².